The summed E-state index contributed by atoms with van der Waals surface area (Å²) in [5.41, 5.74) is 0. The smallest absolute Gasteiger partial charge is 0.462 e. The Morgan fingerprint density at radius 1 is 0.323 bits per heavy atom. The molecule has 0 aliphatic rings. The van der Waals surface area contributed by atoms with E-state index in [1.54, 1.807) is 0 Å². The van der Waals surface area contributed by atoms with Crippen molar-refractivity contribution < 1.29 is 80.2 Å². The standard InChI is InChI=1S/C77H146O17P2/c1-6-9-12-15-18-21-23-25-29-34-37-41-46-51-56-61-75(80)88-67-73(94-77(82)63-58-53-48-43-39-35-31-28-27-30-32-36-40-44-49-54-59-70(4)5)69-92-96(85,86)90-65-71(78)64-89-95(83,84)91-68-72(66-87-74(79)60-55-50-45-20-17-14-11-8-3)93-76(81)62-57-52-47-42-38-33-26-24-22-19-16-13-10-7-2/h21,23,25,29,70-73,78H,6-20,22,24,26-28,30-69H2,1-5H3,(H,83,84)(H,85,86)/b23-21-,29-25-/t71-,72+,73+/m0/s1. The number of hydrogen-bond acceptors (Lipinski definition) is 15. The molecule has 0 rings (SSSR count). The lowest BCUT2D eigenvalue weighted by molar-refractivity contribution is -0.161. The number of aliphatic hydroxyl groups is 1. The minimum atomic E-state index is -4.96. The van der Waals surface area contributed by atoms with Crippen LogP contribution >= 0.6 is 15.6 Å². The van der Waals surface area contributed by atoms with Crippen molar-refractivity contribution in [1.29, 1.82) is 0 Å². The Kier molecular flexibility index (Phi) is 67.8. The first-order chi connectivity index (χ1) is 46.5. The summed E-state index contributed by atoms with van der Waals surface area (Å²) >= 11 is 0. The van der Waals surface area contributed by atoms with Gasteiger partial charge in [-0.1, -0.05) is 329 Å². The highest BCUT2D eigenvalue weighted by atomic mass is 31.2. The van der Waals surface area contributed by atoms with Crippen LogP contribution in [-0.2, 0) is 65.4 Å². The zero-order valence-electron chi connectivity index (χ0n) is 62.0. The summed E-state index contributed by atoms with van der Waals surface area (Å²) in [6, 6.07) is 0. The van der Waals surface area contributed by atoms with Crippen LogP contribution in [0.15, 0.2) is 24.3 Å². The van der Waals surface area contributed by atoms with Crippen molar-refractivity contribution in [3.8, 4) is 0 Å². The lowest BCUT2D eigenvalue weighted by Gasteiger charge is -2.21. The Morgan fingerprint density at radius 2 is 0.562 bits per heavy atom. The number of phosphoric acid groups is 2. The fraction of sp³-hybridized carbons (Fsp3) is 0.896. The third kappa shape index (κ3) is 70.0. The Bertz CT molecular complexity index is 1930. The molecule has 0 aromatic rings. The Labute approximate surface area is 586 Å². The molecule has 0 saturated heterocycles. The molecule has 0 aliphatic heterocycles. The molecule has 3 N–H and O–H groups in total. The molecule has 5 atom stereocenters. The molecule has 19 heteroatoms. The molecule has 0 fully saturated rings. The minimum absolute atomic E-state index is 0.101. The van der Waals surface area contributed by atoms with Crippen LogP contribution in [0.2, 0.25) is 0 Å². The molecule has 0 aromatic carbocycles. The van der Waals surface area contributed by atoms with Gasteiger partial charge in [0, 0.05) is 25.7 Å². The molecule has 0 saturated carbocycles. The van der Waals surface area contributed by atoms with Crippen molar-refractivity contribution in [2.45, 2.75) is 400 Å². The Hall–Kier alpha value is -2.46. The maximum Gasteiger partial charge on any atom is 0.472 e. The Morgan fingerprint density at radius 3 is 0.854 bits per heavy atom. The number of esters is 4. The number of aliphatic hydroxyl groups excluding tert-OH is 1. The normalized spacial score (nSPS) is 14.1. The molecule has 0 bridgehead atoms. The van der Waals surface area contributed by atoms with Crippen molar-refractivity contribution >= 4 is 39.5 Å². The van der Waals surface area contributed by atoms with E-state index in [1.807, 2.05) is 0 Å². The second kappa shape index (κ2) is 69.6. The number of phosphoric ester groups is 2. The molecular formula is C77H146O17P2. The quantitative estimate of drug-likeness (QED) is 0.0169. The number of carbonyl (C=O) groups excluding carboxylic acids is 4. The topological polar surface area (TPSA) is 237 Å². The van der Waals surface area contributed by atoms with Crippen LogP contribution in [-0.4, -0.2) is 96.7 Å². The van der Waals surface area contributed by atoms with Crippen LogP contribution in [0.25, 0.3) is 0 Å². The predicted octanol–water partition coefficient (Wildman–Crippen LogP) is 22.4. The van der Waals surface area contributed by atoms with Gasteiger partial charge in [-0.05, 0) is 57.3 Å². The monoisotopic (exact) mass is 1410 g/mol. The van der Waals surface area contributed by atoms with E-state index in [-0.39, 0.29) is 25.7 Å². The molecule has 2 unspecified atom stereocenters. The average molecular weight is 1410 g/mol. The molecule has 0 radical (unpaired) electrons. The highest BCUT2D eigenvalue weighted by Crippen LogP contribution is 2.45. The largest absolute Gasteiger partial charge is 0.472 e. The molecule has 0 aliphatic carbocycles. The van der Waals surface area contributed by atoms with Crippen molar-refractivity contribution in [3.63, 3.8) is 0 Å². The molecule has 0 heterocycles. The van der Waals surface area contributed by atoms with Gasteiger partial charge in [0.2, 0.25) is 0 Å². The number of unbranched alkanes of at least 4 members (excludes halogenated alkanes) is 44. The van der Waals surface area contributed by atoms with Crippen LogP contribution in [0.4, 0.5) is 0 Å². The van der Waals surface area contributed by atoms with Crippen molar-refractivity contribution in [3.05, 3.63) is 24.3 Å². The second-order valence-electron chi connectivity index (χ2n) is 27.5. The third-order valence-corrected chi connectivity index (χ3v) is 19.3. The van der Waals surface area contributed by atoms with Crippen LogP contribution in [0.5, 0.6) is 0 Å². The molecule has 96 heavy (non-hydrogen) atoms. The maximum atomic E-state index is 13.1. The van der Waals surface area contributed by atoms with Gasteiger partial charge in [0.1, 0.15) is 19.3 Å². The predicted molar refractivity (Wildman–Crippen MR) is 391 cm³/mol. The molecule has 0 aromatic heterocycles. The lowest BCUT2D eigenvalue weighted by atomic mass is 10.0. The highest BCUT2D eigenvalue weighted by molar-refractivity contribution is 7.47. The molecule has 0 amide bonds. The van der Waals surface area contributed by atoms with Gasteiger partial charge in [0.05, 0.1) is 26.4 Å². The van der Waals surface area contributed by atoms with Crippen LogP contribution < -0.4 is 0 Å². The fourth-order valence-corrected chi connectivity index (χ4v) is 12.9. The number of ether oxygens (including phenoxy) is 4. The van der Waals surface area contributed by atoms with E-state index in [2.05, 4.69) is 58.9 Å². The zero-order chi connectivity index (χ0) is 70.5. The van der Waals surface area contributed by atoms with Crippen LogP contribution in [0, 0.1) is 5.92 Å². The fourth-order valence-electron chi connectivity index (χ4n) is 11.3. The SMILES string of the molecule is CCCCCC/C=C\C=C/CCCCCCCC(=O)OC[C@H](COP(=O)(O)OC[C@@H](O)COP(=O)(O)OC[C@@H](COC(=O)CCCCCCCCCC)OC(=O)CCCCCCCCCCCCCCCC)OC(=O)CCCCCCCCCCCCCCCCCCC(C)C. The first-order valence-corrected chi connectivity index (χ1v) is 42.4. The number of hydrogen-bond donors (Lipinski definition) is 3. The van der Waals surface area contributed by atoms with E-state index < -0.39 is 97.5 Å². The molecular weight excluding hydrogens is 1260 g/mol. The van der Waals surface area contributed by atoms with Gasteiger partial charge >= 0.3 is 39.5 Å². The first-order valence-electron chi connectivity index (χ1n) is 39.5. The van der Waals surface area contributed by atoms with Gasteiger partial charge in [0.25, 0.3) is 0 Å². The lowest BCUT2D eigenvalue weighted by Crippen LogP contribution is -2.30. The van der Waals surface area contributed by atoms with Crippen molar-refractivity contribution in [1.82, 2.24) is 0 Å². The maximum absolute atomic E-state index is 13.1. The van der Waals surface area contributed by atoms with E-state index in [1.165, 1.54) is 180 Å². The molecule has 0 spiro atoms. The van der Waals surface area contributed by atoms with Gasteiger partial charge in [-0.25, -0.2) is 9.13 Å². The summed E-state index contributed by atoms with van der Waals surface area (Å²) in [6.07, 6.45) is 61.8. The molecule has 566 valence electrons. The Balaban J connectivity index is 5.24. The van der Waals surface area contributed by atoms with Gasteiger partial charge in [-0.3, -0.25) is 37.3 Å². The summed E-state index contributed by atoms with van der Waals surface area (Å²) < 4.78 is 68.4. The average Bonchev–Trinajstić information content (AvgIpc) is 2.28. The first kappa shape index (κ1) is 93.5. The summed E-state index contributed by atoms with van der Waals surface area (Å²) in [5, 5.41) is 10.6. The number of allylic oxidation sites excluding steroid dienone is 4. The van der Waals surface area contributed by atoms with Gasteiger partial charge in [0.15, 0.2) is 12.2 Å². The van der Waals surface area contributed by atoms with Crippen molar-refractivity contribution in [2.75, 3.05) is 39.6 Å². The van der Waals surface area contributed by atoms with Crippen LogP contribution in [0.3, 0.4) is 0 Å². The zero-order valence-corrected chi connectivity index (χ0v) is 63.8. The summed E-state index contributed by atoms with van der Waals surface area (Å²) in [7, 11) is -9.92. The van der Waals surface area contributed by atoms with Crippen molar-refractivity contribution in [2.24, 2.45) is 5.92 Å². The van der Waals surface area contributed by atoms with Gasteiger partial charge in [-0.15, -0.1) is 0 Å². The number of rotatable bonds is 75. The van der Waals surface area contributed by atoms with Gasteiger partial charge in [-0.2, -0.15) is 0 Å². The van der Waals surface area contributed by atoms with Gasteiger partial charge < -0.3 is 33.8 Å². The van der Waals surface area contributed by atoms with E-state index in [4.69, 9.17) is 37.0 Å². The van der Waals surface area contributed by atoms with E-state index in [9.17, 15) is 43.2 Å². The second-order valence-corrected chi connectivity index (χ2v) is 30.4. The minimum Gasteiger partial charge on any atom is -0.462 e. The van der Waals surface area contributed by atoms with E-state index in [0.29, 0.717) is 25.7 Å². The van der Waals surface area contributed by atoms with E-state index >= 15 is 0 Å². The van der Waals surface area contributed by atoms with Crippen LogP contribution in [0.1, 0.15) is 381 Å². The summed E-state index contributed by atoms with van der Waals surface area (Å²) in [5.74, 6) is -1.34. The molecule has 17 nitrogen and oxygen atoms in total. The van der Waals surface area contributed by atoms with E-state index in [0.717, 1.165) is 121 Å². The highest BCUT2D eigenvalue weighted by Gasteiger charge is 2.30. The number of carbonyl (C=O) groups is 4. The summed E-state index contributed by atoms with van der Waals surface area (Å²) in [6.45, 7) is 7.24. The summed E-state index contributed by atoms with van der Waals surface area (Å²) in [4.78, 5) is 72.7. The third-order valence-electron chi connectivity index (χ3n) is 17.4.